The van der Waals surface area contributed by atoms with Crippen LogP contribution in [0.5, 0.6) is 11.5 Å². The van der Waals surface area contributed by atoms with Crippen molar-refractivity contribution >= 4 is 11.0 Å². The molecule has 3 rings (SSSR count). The zero-order chi connectivity index (χ0) is 17.8. The van der Waals surface area contributed by atoms with E-state index >= 15 is 0 Å². The first kappa shape index (κ1) is 17.3. The van der Waals surface area contributed by atoms with Gasteiger partial charge in [-0.25, -0.2) is 4.98 Å². The van der Waals surface area contributed by atoms with Crippen molar-refractivity contribution in [3.63, 3.8) is 0 Å². The second-order valence-electron chi connectivity index (χ2n) is 6.09. The zero-order valence-corrected chi connectivity index (χ0v) is 15.3. The summed E-state index contributed by atoms with van der Waals surface area (Å²) in [5.74, 6) is 2.49. The molecule has 0 bridgehead atoms. The average molecular weight is 339 g/mol. The molecule has 0 unspecified atom stereocenters. The minimum Gasteiger partial charge on any atom is -0.493 e. The molecule has 5 nitrogen and oxygen atoms in total. The fourth-order valence-electron chi connectivity index (χ4n) is 3.06. The van der Waals surface area contributed by atoms with Crippen LogP contribution in [-0.2, 0) is 13.0 Å². The molecule has 3 aromatic rings. The van der Waals surface area contributed by atoms with E-state index in [9.17, 15) is 0 Å². The van der Waals surface area contributed by atoms with Gasteiger partial charge in [0.05, 0.1) is 25.3 Å². The summed E-state index contributed by atoms with van der Waals surface area (Å²) < 4.78 is 13.2. The third-order valence-corrected chi connectivity index (χ3v) is 4.52. The van der Waals surface area contributed by atoms with Gasteiger partial charge in [0, 0.05) is 31.6 Å². The Morgan fingerprint density at radius 1 is 1.08 bits per heavy atom. The van der Waals surface area contributed by atoms with Crippen LogP contribution < -0.4 is 14.8 Å². The van der Waals surface area contributed by atoms with Crippen LogP contribution in [0.1, 0.15) is 17.0 Å². The van der Waals surface area contributed by atoms with Crippen LogP contribution in [0, 0.1) is 6.92 Å². The molecule has 0 saturated carbocycles. The quantitative estimate of drug-likeness (QED) is 0.718. The van der Waals surface area contributed by atoms with Crippen LogP contribution in [-0.4, -0.2) is 37.4 Å². The summed E-state index contributed by atoms with van der Waals surface area (Å²) in [6, 6.07) is 12.4. The largest absolute Gasteiger partial charge is 0.493 e. The van der Waals surface area contributed by atoms with Crippen molar-refractivity contribution in [3.8, 4) is 11.5 Å². The molecule has 2 aromatic carbocycles. The van der Waals surface area contributed by atoms with Crippen LogP contribution >= 0.6 is 0 Å². The van der Waals surface area contributed by atoms with Crippen LogP contribution in [0.3, 0.4) is 0 Å². The first-order valence-corrected chi connectivity index (χ1v) is 8.48. The van der Waals surface area contributed by atoms with Gasteiger partial charge >= 0.3 is 0 Å². The molecule has 0 spiro atoms. The molecular weight excluding hydrogens is 314 g/mol. The van der Waals surface area contributed by atoms with E-state index in [1.54, 1.807) is 14.2 Å². The molecule has 0 fully saturated rings. The third-order valence-electron chi connectivity index (χ3n) is 4.52. The number of benzene rings is 2. The molecule has 0 aliphatic heterocycles. The molecule has 25 heavy (non-hydrogen) atoms. The minimum atomic E-state index is 0.704. The molecule has 1 heterocycles. The van der Waals surface area contributed by atoms with Crippen LogP contribution in [0.15, 0.2) is 36.4 Å². The minimum absolute atomic E-state index is 0.704. The lowest BCUT2D eigenvalue weighted by Crippen LogP contribution is -2.14. The number of ether oxygens (including phenoxy) is 2. The van der Waals surface area contributed by atoms with Gasteiger partial charge in [0.25, 0.3) is 0 Å². The standard InChI is InChI=1S/C20H25N3O2/c1-14-7-5-6-8-15(14)13-23-17-12-19(25-4)18(24-3)11-16(17)22-20(23)9-10-21-2/h5-8,11-12,21H,9-10,13H2,1-4H3. The zero-order valence-electron chi connectivity index (χ0n) is 15.3. The Hall–Kier alpha value is -2.53. The van der Waals surface area contributed by atoms with Gasteiger partial charge in [-0.2, -0.15) is 0 Å². The molecule has 0 aliphatic rings. The summed E-state index contributed by atoms with van der Waals surface area (Å²) in [5, 5.41) is 3.21. The highest BCUT2D eigenvalue weighted by atomic mass is 16.5. The smallest absolute Gasteiger partial charge is 0.163 e. The number of fused-ring (bicyclic) bond motifs is 1. The molecule has 1 aromatic heterocycles. The van der Waals surface area contributed by atoms with Gasteiger partial charge in [-0.15, -0.1) is 0 Å². The summed E-state index contributed by atoms with van der Waals surface area (Å²) >= 11 is 0. The number of rotatable bonds is 7. The first-order chi connectivity index (χ1) is 12.2. The Balaban J connectivity index is 2.13. The molecule has 1 N–H and O–H groups in total. The van der Waals surface area contributed by atoms with Crippen LogP contribution in [0.4, 0.5) is 0 Å². The number of aryl methyl sites for hydroxylation is 1. The Morgan fingerprint density at radius 3 is 2.48 bits per heavy atom. The number of likely N-dealkylation sites (N-methyl/N-ethyl adjacent to an activating group) is 1. The van der Waals surface area contributed by atoms with Gasteiger partial charge in [0.15, 0.2) is 11.5 Å². The van der Waals surface area contributed by atoms with E-state index in [0.717, 1.165) is 42.1 Å². The SMILES string of the molecule is CNCCc1nc2cc(OC)c(OC)cc2n1Cc1ccccc1C. The highest BCUT2D eigenvalue weighted by molar-refractivity contribution is 5.81. The predicted octanol–water partition coefficient (Wildman–Crippen LogP) is 3.17. The molecule has 132 valence electrons. The maximum absolute atomic E-state index is 5.49. The summed E-state index contributed by atoms with van der Waals surface area (Å²) in [6.07, 6.45) is 0.863. The van der Waals surface area contributed by atoms with Crippen molar-refractivity contribution in [3.05, 3.63) is 53.3 Å². The van der Waals surface area contributed by atoms with Gasteiger partial charge < -0.3 is 19.4 Å². The van der Waals surface area contributed by atoms with Crippen LogP contribution in [0.2, 0.25) is 0 Å². The fourth-order valence-corrected chi connectivity index (χ4v) is 3.06. The van der Waals surface area contributed by atoms with Gasteiger partial charge in [-0.05, 0) is 25.1 Å². The van der Waals surface area contributed by atoms with Gasteiger partial charge in [-0.1, -0.05) is 24.3 Å². The number of nitrogens with zero attached hydrogens (tertiary/aromatic N) is 2. The number of aromatic nitrogens is 2. The molecule has 0 radical (unpaired) electrons. The van der Waals surface area contributed by atoms with E-state index in [4.69, 9.17) is 14.5 Å². The van der Waals surface area contributed by atoms with Crippen molar-refractivity contribution in [1.82, 2.24) is 14.9 Å². The number of methoxy groups -OCH3 is 2. The number of imidazole rings is 1. The first-order valence-electron chi connectivity index (χ1n) is 8.48. The number of hydrogen-bond donors (Lipinski definition) is 1. The lowest BCUT2D eigenvalue weighted by atomic mass is 10.1. The highest BCUT2D eigenvalue weighted by Gasteiger charge is 2.15. The van der Waals surface area contributed by atoms with Gasteiger partial charge in [0.2, 0.25) is 0 Å². The van der Waals surface area contributed by atoms with Crippen molar-refractivity contribution in [2.24, 2.45) is 0 Å². The lowest BCUT2D eigenvalue weighted by molar-refractivity contribution is 0.355. The van der Waals surface area contributed by atoms with Gasteiger partial charge in [-0.3, -0.25) is 0 Å². The third kappa shape index (κ3) is 3.46. The van der Waals surface area contributed by atoms with E-state index < -0.39 is 0 Å². The van der Waals surface area contributed by atoms with Crippen molar-refractivity contribution in [2.75, 3.05) is 27.8 Å². The summed E-state index contributed by atoms with van der Waals surface area (Å²) in [4.78, 5) is 4.85. The van der Waals surface area contributed by atoms with Crippen molar-refractivity contribution < 1.29 is 9.47 Å². The Bertz CT molecular complexity index is 871. The van der Waals surface area contributed by atoms with Gasteiger partial charge in [0.1, 0.15) is 5.82 Å². The van der Waals surface area contributed by atoms with E-state index in [1.807, 2.05) is 19.2 Å². The van der Waals surface area contributed by atoms with E-state index in [0.29, 0.717) is 5.75 Å². The van der Waals surface area contributed by atoms with Crippen molar-refractivity contribution in [2.45, 2.75) is 19.9 Å². The number of hydrogen-bond acceptors (Lipinski definition) is 4. The molecule has 0 aliphatic carbocycles. The fraction of sp³-hybridized carbons (Fsp3) is 0.350. The van der Waals surface area contributed by atoms with E-state index in [2.05, 4.69) is 41.1 Å². The monoisotopic (exact) mass is 339 g/mol. The second-order valence-corrected chi connectivity index (χ2v) is 6.09. The number of nitrogens with one attached hydrogen (secondary N) is 1. The Kier molecular flexibility index (Phi) is 5.24. The maximum atomic E-state index is 5.49. The maximum Gasteiger partial charge on any atom is 0.163 e. The summed E-state index contributed by atoms with van der Waals surface area (Å²) in [5.41, 5.74) is 4.57. The average Bonchev–Trinajstić information content (AvgIpc) is 2.97. The normalized spacial score (nSPS) is 11.0. The molecule has 5 heteroatoms. The van der Waals surface area contributed by atoms with E-state index in [1.165, 1.54) is 11.1 Å². The Labute approximate surface area is 148 Å². The van der Waals surface area contributed by atoms with Crippen LogP contribution in [0.25, 0.3) is 11.0 Å². The highest BCUT2D eigenvalue weighted by Crippen LogP contribution is 2.33. The summed E-state index contributed by atoms with van der Waals surface area (Å²) in [6.45, 7) is 3.81. The topological polar surface area (TPSA) is 48.3 Å². The molecular formula is C20H25N3O2. The van der Waals surface area contributed by atoms with E-state index in [-0.39, 0.29) is 0 Å². The molecule has 0 atom stereocenters. The summed E-state index contributed by atoms with van der Waals surface area (Å²) in [7, 11) is 5.27. The lowest BCUT2D eigenvalue weighted by Gasteiger charge is -2.13. The predicted molar refractivity (Wildman–Crippen MR) is 101 cm³/mol. The Morgan fingerprint density at radius 2 is 1.80 bits per heavy atom. The second kappa shape index (κ2) is 7.57. The van der Waals surface area contributed by atoms with Crippen molar-refractivity contribution in [1.29, 1.82) is 0 Å². The molecule has 0 saturated heterocycles. The molecule has 0 amide bonds.